The van der Waals surface area contributed by atoms with Crippen LogP contribution in [-0.2, 0) is 11.4 Å². The van der Waals surface area contributed by atoms with E-state index in [-0.39, 0.29) is 22.0 Å². The number of nitrogens with one attached hydrogen (secondary N) is 1. The average molecular weight is 543 g/mol. The van der Waals surface area contributed by atoms with Gasteiger partial charge in [-0.1, -0.05) is 41.9 Å². The molecule has 0 fully saturated rings. The molecule has 0 heterocycles. The summed E-state index contributed by atoms with van der Waals surface area (Å²) in [6.07, 6.45) is 1.38. The van der Waals surface area contributed by atoms with E-state index < -0.39 is 10.8 Å². The van der Waals surface area contributed by atoms with Gasteiger partial charge in [0.15, 0.2) is 11.5 Å². The van der Waals surface area contributed by atoms with Gasteiger partial charge in [0.2, 0.25) is 0 Å². The maximum absolute atomic E-state index is 12.6. The highest BCUT2D eigenvalue weighted by Crippen LogP contribution is 2.38. The number of nitro benzene ring substituents is 1. The number of halogens is 2. The Bertz CT molecular complexity index is 1310. The zero-order chi connectivity index (χ0) is 24.7. The van der Waals surface area contributed by atoms with Gasteiger partial charge in [-0.15, -0.1) is 0 Å². The number of benzene rings is 3. The fraction of sp³-hybridized carbons (Fsp3) is 0.0833. The number of nitrogens with zero attached hydrogens (tertiary/aromatic N) is 2. The molecule has 0 atom stereocenters. The van der Waals surface area contributed by atoms with Gasteiger partial charge in [-0.2, -0.15) is 5.26 Å². The number of amides is 1. The number of carbonyl (C=O) groups is 1. The van der Waals surface area contributed by atoms with E-state index in [4.69, 9.17) is 21.1 Å². The van der Waals surface area contributed by atoms with Crippen molar-refractivity contribution in [2.45, 2.75) is 6.61 Å². The molecule has 3 aromatic carbocycles. The molecule has 3 rings (SSSR count). The van der Waals surface area contributed by atoms with Crippen LogP contribution in [0.2, 0.25) is 5.02 Å². The first kappa shape index (κ1) is 24.8. The molecule has 0 bridgehead atoms. The van der Waals surface area contributed by atoms with Gasteiger partial charge in [-0.3, -0.25) is 14.9 Å². The second-order valence-corrected chi connectivity index (χ2v) is 8.12. The van der Waals surface area contributed by atoms with E-state index in [1.807, 2.05) is 36.4 Å². The summed E-state index contributed by atoms with van der Waals surface area (Å²) >= 11 is 9.47. The zero-order valence-corrected chi connectivity index (χ0v) is 20.1. The van der Waals surface area contributed by atoms with E-state index in [1.54, 1.807) is 12.1 Å². The summed E-state index contributed by atoms with van der Waals surface area (Å²) in [5.41, 5.74) is 1.21. The maximum atomic E-state index is 12.6. The molecule has 34 heavy (non-hydrogen) atoms. The summed E-state index contributed by atoms with van der Waals surface area (Å²) in [6, 6.07) is 18.4. The Morgan fingerprint density at radius 3 is 2.59 bits per heavy atom. The van der Waals surface area contributed by atoms with Crippen LogP contribution < -0.4 is 14.8 Å². The third-order valence-electron chi connectivity index (χ3n) is 4.57. The van der Waals surface area contributed by atoms with Gasteiger partial charge in [-0.05, 0) is 51.3 Å². The van der Waals surface area contributed by atoms with Crippen LogP contribution in [0.25, 0.3) is 6.08 Å². The minimum atomic E-state index is -0.724. The Morgan fingerprint density at radius 1 is 1.24 bits per heavy atom. The number of nitriles is 1. The van der Waals surface area contributed by atoms with Crippen LogP contribution in [0.3, 0.4) is 0 Å². The van der Waals surface area contributed by atoms with E-state index in [0.29, 0.717) is 28.1 Å². The first-order chi connectivity index (χ1) is 16.3. The van der Waals surface area contributed by atoms with Gasteiger partial charge in [0, 0.05) is 12.1 Å². The van der Waals surface area contributed by atoms with Crippen molar-refractivity contribution in [3.05, 3.63) is 97.0 Å². The molecule has 0 spiro atoms. The molecule has 0 aromatic heterocycles. The second-order valence-electron chi connectivity index (χ2n) is 6.85. The molecular weight excluding hydrogens is 526 g/mol. The summed E-state index contributed by atoms with van der Waals surface area (Å²) in [6.45, 7) is 0.326. The van der Waals surface area contributed by atoms with Crippen molar-refractivity contribution in [1.82, 2.24) is 0 Å². The number of ether oxygens (including phenoxy) is 2. The summed E-state index contributed by atoms with van der Waals surface area (Å²) in [7, 11) is 1.49. The summed E-state index contributed by atoms with van der Waals surface area (Å²) in [5.74, 6) is 0.162. The average Bonchev–Trinajstić information content (AvgIpc) is 2.83. The van der Waals surface area contributed by atoms with Gasteiger partial charge in [-0.25, -0.2) is 0 Å². The van der Waals surface area contributed by atoms with Gasteiger partial charge in [0.1, 0.15) is 18.2 Å². The van der Waals surface area contributed by atoms with Crippen LogP contribution in [0, 0.1) is 21.4 Å². The van der Waals surface area contributed by atoms with Crippen LogP contribution in [-0.4, -0.2) is 17.9 Å². The van der Waals surface area contributed by atoms with E-state index in [0.717, 1.165) is 11.6 Å². The van der Waals surface area contributed by atoms with E-state index >= 15 is 0 Å². The summed E-state index contributed by atoms with van der Waals surface area (Å²) < 4.78 is 11.9. The highest BCUT2D eigenvalue weighted by Gasteiger charge is 2.16. The molecule has 0 radical (unpaired) electrons. The van der Waals surface area contributed by atoms with Crippen molar-refractivity contribution in [1.29, 1.82) is 5.26 Å². The lowest BCUT2D eigenvalue weighted by Crippen LogP contribution is -2.13. The molecule has 0 aliphatic carbocycles. The number of rotatable bonds is 8. The van der Waals surface area contributed by atoms with Crippen molar-refractivity contribution < 1.29 is 19.2 Å². The highest BCUT2D eigenvalue weighted by atomic mass is 79.9. The Morgan fingerprint density at radius 2 is 1.97 bits per heavy atom. The predicted octanol–water partition coefficient (Wildman–Crippen LogP) is 6.14. The van der Waals surface area contributed by atoms with Crippen LogP contribution in [0.15, 0.2) is 70.7 Å². The topological polar surface area (TPSA) is 114 Å². The van der Waals surface area contributed by atoms with Crippen molar-refractivity contribution in [3.63, 3.8) is 0 Å². The van der Waals surface area contributed by atoms with E-state index in [9.17, 15) is 20.2 Å². The molecule has 0 aliphatic rings. The molecule has 172 valence electrons. The second kappa shape index (κ2) is 11.3. The molecule has 0 aliphatic heterocycles. The number of hydrogen-bond acceptors (Lipinski definition) is 6. The normalized spacial score (nSPS) is 10.8. The van der Waals surface area contributed by atoms with Gasteiger partial charge >= 0.3 is 0 Å². The SMILES string of the molecule is COc1cc(C=C(C#N)C(=O)Nc2ccc([N+](=O)[O-])cc2Cl)cc(Br)c1OCc1ccccc1. The number of anilines is 1. The monoisotopic (exact) mass is 541 g/mol. The largest absolute Gasteiger partial charge is 0.493 e. The third-order valence-corrected chi connectivity index (χ3v) is 5.47. The molecule has 0 unspecified atom stereocenters. The summed E-state index contributed by atoms with van der Waals surface area (Å²) in [4.78, 5) is 22.9. The Labute approximate surface area is 208 Å². The zero-order valence-electron chi connectivity index (χ0n) is 17.7. The van der Waals surface area contributed by atoms with Gasteiger partial charge in [0.25, 0.3) is 11.6 Å². The first-order valence-electron chi connectivity index (χ1n) is 9.73. The molecule has 8 nitrogen and oxygen atoms in total. The molecule has 1 N–H and O–H groups in total. The fourth-order valence-corrected chi connectivity index (χ4v) is 3.71. The fourth-order valence-electron chi connectivity index (χ4n) is 2.92. The third kappa shape index (κ3) is 6.13. The number of methoxy groups -OCH3 is 1. The van der Waals surface area contributed by atoms with Crippen molar-refractivity contribution in [3.8, 4) is 17.6 Å². The number of nitro groups is 1. The Balaban J connectivity index is 1.82. The smallest absolute Gasteiger partial charge is 0.271 e. The molecule has 3 aromatic rings. The maximum Gasteiger partial charge on any atom is 0.271 e. The number of non-ortho nitro benzene ring substituents is 1. The van der Waals surface area contributed by atoms with Crippen molar-refractivity contribution >= 4 is 50.9 Å². The van der Waals surface area contributed by atoms with Crippen molar-refractivity contribution in [2.75, 3.05) is 12.4 Å². The van der Waals surface area contributed by atoms with Crippen LogP contribution in [0.1, 0.15) is 11.1 Å². The minimum absolute atomic E-state index is 0.0239. The van der Waals surface area contributed by atoms with E-state index in [2.05, 4.69) is 21.2 Å². The lowest BCUT2D eigenvalue weighted by atomic mass is 10.1. The highest BCUT2D eigenvalue weighted by molar-refractivity contribution is 9.10. The molecule has 0 saturated carbocycles. The van der Waals surface area contributed by atoms with Gasteiger partial charge < -0.3 is 14.8 Å². The lowest BCUT2D eigenvalue weighted by Gasteiger charge is -2.14. The van der Waals surface area contributed by atoms with Crippen molar-refractivity contribution in [2.24, 2.45) is 0 Å². The quantitative estimate of drug-likeness (QED) is 0.158. The standard InChI is InChI=1S/C24H17BrClN3O5/c1-33-22-11-16(10-19(25)23(22)34-14-15-5-3-2-4-6-15)9-17(13-27)24(30)28-21-8-7-18(29(31)32)12-20(21)26/h2-12H,14H2,1H3,(H,28,30). The van der Waals surface area contributed by atoms with Gasteiger partial charge in [0.05, 0.1) is 27.2 Å². The van der Waals surface area contributed by atoms with E-state index in [1.165, 1.54) is 25.3 Å². The van der Waals surface area contributed by atoms with Crippen LogP contribution >= 0.6 is 27.5 Å². The number of hydrogen-bond donors (Lipinski definition) is 1. The molecule has 1 amide bonds. The predicted molar refractivity (Wildman–Crippen MR) is 132 cm³/mol. The molecule has 0 saturated heterocycles. The first-order valence-corrected chi connectivity index (χ1v) is 10.9. The molecule has 10 heteroatoms. The Kier molecular flexibility index (Phi) is 8.24. The Hall–Kier alpha value is -3.87. The van der Waals surface area contributed by atoms with Crippen LogP contribution in [0.4, 0.5) is 11.4 Å². The number of carbonyl (C=O) groups excluding carboxylic acids is 1. The van der Waals surface area contributed by atoms with Crippen LogP contribution in [0.5, 0.6) is 11.5 Å². The summed E-state index contributed by atoms with van der Waals surface area (Å²) in [5, 5.41) is 22.8. The lowest BCUT2D eigenvalue weighted by molar-refractivity contribution is -0.384. The minimum Gasteiger partial charge on any atom is -0.493 e. The molecular formula is C24H17BrClN3O5.